The van der Waals surface area contributed by atoms with E-state index < -0.39 is 47.3 Å². The van der Waals surface area contributed by atoms with E-state index in [9.17, 15) is 32.3 Å². The van der Waals surface area contributed by atoms with Gasteiger partial charge in [-0.1, -0.05) is 22.9 Å². The van der Waals surface area contributed by atoms with Crippen molar-refractivity contribution in [2.75, 3.05) is 18.9 Å². The molecule has 6 N–H and O–H groups in total. The van der Waals surface area contributed by atoms with E-state index in [1.165, 1.54) is 31.2 Å². The van der Waals surface area contributed by atoms with Crippen molar-refractivity contribution in [2.24, 2.45) is 5.73 Å². The van der Waals surface area contributed by atoms with Gasteiger partial charge in [0.25, 0.3) is 5.91 Å². The number of pyridine rings is 1. The summed E-state index contributed by atoms with van der Waals surface area (Å²) in [6.45, 7) is 2.27. The smallest absolute Gasteiger partial charge is 0.489 e. The molecule has 1 aliphatic heterocycles. The number of halogens is 5. The van der Waals surface area contributed by atoms with Crippen LogP contribution in [0.1, 0.15) is 35.5 Å². The zero-order valence-electron chi connectivity index (χ0n) is 22.3. The average Bonchev–Trinajstić information content (AvgIpc) is 3.47. The first kappa shape index (κ1) is 30.3. The highest BCUT2D eigenvalue weighted by Gasteiger charge is 2.45. The third kappa shape index (κ3) is 5.75. The van der Waals surface area contributed by atoms with Crippen LogP contribution in [0.5, 0.6) is 11.5 Å². The number of ether oxygens (including phenoxy) is 2. The Balaban J connectivity index is 1.50. The molecule has 5 rings (SSSR count). The van der Waals surface area contributed by atoms with Crippen molar-refractivity contribution in [1.82, 2.24) is 15.3 Å². The van der Waals surface area contributed by atoms with Crippen LogP contribution in [0.15, 0.2) is 36.4 Å². The first-order chi connectivity index (χ1) is 20.0. The molecule has 16 heteroatoms. The SMILES string of the molecule is C[C@](O)(CNC(=O)c1cc(OC(F)(F)F)c2nc(N)sc2c1)c1cc2c(c(-c3ccc(F)c(Cl)c3)n1)OC[C@]2(C)C(N)=O. The van der Waals surface area contributed by atoms with Crippen LogP contribution >= 0.6 is 22.9 Å². The molecule has 3 heterocycles. The summed E-state index contributed by atoms with van der Waals surface area (Å²) in [5, 5.41) is 13.7. The van der Waals surface area contributed by atoms with Gasteiger partial charge < -0.3 is 31.4 Å². The summed E-state index contributed by atoms with van der Waals surface area (Å²) in [7, 11) is 0. The molecule has 2 amide bonds. The highest BCUT2D eigenvalue weighted by Crippen LogP contribution is 2.46. The van der Waals surface area contributed by atoms with Gasteiger partial charge in [0.05, 0.1) is 22.0 Å². The van der Waals surface area contributed by atoms with Crippen LogP contribution in [0, 0.1) is 5.82 Å². The minimum absolute atomic E-state index is 0.0215. The van der Waals surface area contributed by atoms with Crippen molar-refractivity contribution >= 4 is 50.1 Å². The number of carbonyl (C=O) groups excluding carboxylic acids is 2. The second-order valence-corrected chi connectivity index (χ2v) is 11.7. The molecule has 10 nitrogen and oxygen atoms in total. The Hall–Kier alpha value is -4.21. The average molecular weight is 640 g/mol. The number of aliphatic hydroxyl groups is 1. The molecule has 1 aliphatic rings. The lowest BCUT2D eigenvalue weighted by Crippen LogP contribution is -2.41. The highest BCUT2D eigenvalue weighted by molar-refractivity contribution is 7.22. The van der Waals surface area contributed by atoms with E-state index >= 15 is 0 Å². The van der Waals surface area contributed by atoms with Crippen molar-refractivity contribution in [3.05, 3.63) is 64.1 Å². The maximum Gasteiger partial charge on any atom is 0.573 e. The Bertz CT molecular complexity index is 1800. The van der Waals surface area contributed by atoms with Crippen LogP contribution in [-0.2, 0) is 15.8 Å². The molecule has 4 aromatic rings. The van der Waals surface area contributed by atoms with Crippen LogP contribution in [0.3, 0.4) is 0 Å². The number of amides is 2. The molecule has 0 aliphatic carbocycles. The second kappa shape index (κ2) is 10.5. The number of primary amides is 1. The first-order valence-corrected chi connectivity index (χ1v) is 13.6. The maximum atomic E-state index is 13.9. The number of rotatable bonds is 7. The number of aromatic nitrogens is 2. The number of thiazole rings is 1. The molecule has 0 bridgehead atoms. The molecule has 0 radical (unpaired) electrons. The number of anilines is 1. The molecule has 0 fully saturated rings. The number of hydrogen-bond acceptors (Lipinski definition) is 9. The molecule has 0 unspecified atom stereocenters. The summed E-state index contributed by atoms with van der Waals surface area (Å²) in [4.78, 5) is 33.8. The number of benzene rings is 2. The Morgan fingerprint density at radius 1 is 1.23 bits per heavy atom. The Kier molecular flexibility index (Phi) is 7.39. The minimum atomic E-state index is -5.06. The minimum Gasteiger partial charge on any atom is -0.489 e. The monoisotopic (exact) mass is 639 g/mol. The largest absolute Gasteiger partial charge is 0.573 e. The first-order valence-electron chi connectivity index (χ1n) is 12.4. The summed E-state index contributed by atoms with van der Waals surface area (Å²) < 4.78 is 62.9. The number of carbonyl (C=O) groups is 2. The molecule has 0 saturated heterocycles. The van der Waals surface area contributed by atoms with E-state index in [1.807, 2.05) is 0 Å². The lowest BCUT2D eigenvalue weighted by molar-refractivity contribution is -0.274. The molecule has 226 valence electrons. The molecular formula is C27H22ClF4N5O5S. The van der Waals surface area contributed by atoms with Crippen LogP contribution in [0.25, 0.3) is 21.5 Å². The van der Waals surface area contributed by atoms with E-state index in [-0.39, 0.29) is 49.7 Å². The quantitative estimate of drug-likeness (QED) is 0.216. The van der Waals surface area contributed by atoms with E-state index in [1.54, 1.807) is 6.92 Å². The molecule has 2 aromatic heterocycles. The van der Waals surface area contributed by atoms with E-state index in [2.05, 4.69) is 20.0 Å². The summed E-state index contributed by atoms with van der Waals surface area (Å²) in [6.07, 6.45) is -5.06. The number of nitrogens with zero attached hydrogens (tertiary/aromatic N) is 2. The molecule has 2 atom stereocenters. The van der Waals surface area contributed by atoms with Gasteiger partial charge in [0, 0.05) is 16.7 Å². The van der Waals surface area contributed by atoms with E-state index in [4.69, 9.17) is 27.8 Å². The molecule has 2 aromatic carbocycles. The fraction of sp³-hybridized carbons (Fsp3) is 0.259. The maximum absolute atomic E-state index is 13.9. The Morgan fingerprint density at radius 3 is 2.60 bits per heavy atom. The fourth-order valence-corrected chi connectivity index (χ4v) is 5.47. The molecular weight excluding hydrogens is 618 g/mol. The van der Waals surface area contributed by atoms with E-state index in [0.29, 0.717) is 11.1 Å². The van der Waals surface area contributed by atoms with Gasteiger partial charge in [-0.25, -0.2) is 14.4 Å². The van der Waals surface area contributed by atoms with Crippen LogP contribution in [0.4, 0.5) is 22.7 Å². The van der Waals surface area contributed by atoms with Crippen molar-refractivity contribution in [2.45, 2.75) is 31.2 Å². The predicted molar refractivity (Wildman–Crippen MR) is 149 cm³/mol. The number of alkyl halides is 3. The number of hydrogen-bond donors (Lipinski definition) is 4. The van der Waals surface area contributed by atoms with Gasteiger partial charge in [0.1, 0.15) is 40.4 Å². The van der Waals surface area contributed by atoms with Gasteiger partial charge in [0.2, 0.25) is 5.91 Å². The van der Waals surface area contributed by atoms with Gasteiger partial charge in [0.15, 0.2) is 10.9 Å². The van der Waals surface area contributed by atoms with Crippen LogP contribution in [-0.4, -0.2) is 46.4 Å². The van der Waals surface area contributed by atoms with Crippen molar-refractivity contribution in [1.29, 1.82) is 0 Å². The standard InChI is InChI=1S/C27H22ClF4N5O5S/c1-25(23(33)39)10-41-21-13(25)8-18(36-19(21)11-3-4-15(29)14(28)5-11)26(2,40)9-35-22(38)12-6-16(42-27(30,31)32)20-17(7-12)43-24(34)37-20/h3-8,40H,9-10H2,1-2H3,(H2,33,39)(H2,34,37)(H,35,38)/t25-,26-/m0/s1. The zero-order chi connectivity index (χ0) is 31.5. The third-order valence-electron chi connectivity index (χ3n) is 6.92. The number of nitrogens with two attached hydrogens (primary N) is 2. The van der Waals surface area contributed by atoms with Gasteiger partial charge in [-0.3, -0.25) is 9.59 Å². The third-order valence-corrected chi connectivity index (χ3v) is 8.04. The van der Waals surface area contributed by atoms with Gasteiger partial charge in [-0.05, 0) is 50.2 Å². The summed E-state index contributed by atoms with van der Waals surface area (Å²) >= 11 is 6.84. The highest BCUT2D eigenvalue weighted by atomic mass is 35.5. The number of nitrogens with one attached hydrogen (secondary N) is 1. The number of nitrogen functional groups attached to an aromatic ring is 1. The molecule has 43 heavy (non-hydrogen) atoms. The van der Waals surface area contributed by atoms with Crippen molar-refractivity contribution in [3.8, 4) is 22.8 Å². The fourth-order valence-electron chi connectivity index (χ4n) is 4.50. The van der Waals surface area contributed by atoms with Crippen LogP contribution < -0.4 is 26.3 Å². The van der Waals surface area contributed by atoms with Gasteiger partial charge in [-0.2, -0.15) is 0 Å². The van der Waals surface area contributed by atoms with E-state index in [0.717, 1.165) is 23.5 Å². The van der Waals surface area contributed by atoms with Crippen LogP contribution in [0.2, 0.25) is 5.02 Å². The predicted octanol–water partition coefficient (Wildman–Crippen LogP) is 4.40. The topological polar surface area (TPSA) is 163 Å². The van der Waals surface area contributed by atoms with Gasteiger partial charge >= 0.3 is 6.36 Å². The Morgan fingerprint density at radius 2 is 1.95 bits per heavy atom. The van der Waals surface area contributed by atoms with Crippen molar-refractivity contribution < 1.29 is 41.7 Å². The summed E-state index contributed by atoms with van der Waals surface area (Å²) in [5.74, 6) is -2.78. The lowest BCUT2D eigenvalue weighted by atomic mass is 9.82. The van der Waals surface area contributed by atoms with Crippen molar-refractivity contribution in [3.63, 3.8) is 0 Å². The second-order valence-electron chi connectivity index (χ2n) is 10.2. The number of fused-ring (bicyclic) bond motifs is 2. The normalized spacial score (nSPS) is 17.7. The molecule has 0 saturated carbocycles. The molecule has 0 spiro atoms. The zero-order valence-corrected chi connectivity index (χ0v) is 23.9. The Labute approximate surface area is 249 Å². The summed E-state index contributed by atoms with van der Waals surface area (Å²) in [6, 6.07) is 7.36. The lowest BCUT2D eigenvalue weighted by Gasteiger charge is -2.26. The summed E-state index contributed by atoms with van der Waals surface area (Å²) in [5.41, 5.74) is 8.43. The van der Waals surface area contributed by atoms with Gasteiger partial charge in [-0.15, -0.1) is 13.2 Å².